The average Bonchev–Trinajstić information content (AvgIpc) is 2.71. The van der Waals surface area contributed by atoms with Crippen LogP contribution >= 0.6 is 23.2 Å². The van der Waals surface area contributed by atoms with Crippen molar-refractivity contribution in [2.75, 3.05) is 24.5 Å². The van der Waals surface area contributed by atoms with Crippen LogP contribution in [0.5, 0.6) is 0 Å². The molecule has 3 heterocycles. The molecule has 2 aliphatic heterocycles. The van der Waals surface area contributed by atoms with Gasteiger partial charge in [0.2, 0.25) is 0 Å². The second-order valence-corrected chi connectivity index (χ2v) is 6.01. The molecule has 0 aromatic carbocycles. The minimum absolute atomic E-state index is 0.0472. The SMILES string of the molecule is C[C@@H]1CN(C2=C(Cl)C(=O)N(c3ccc(Cl)nc3)C2=O)CCN1. The summed E-state index contributed by atoms with van der Waals surface area (Å²) in [6.07, 6.45) is 1.38. The molecule has 0 spiro atoms. The number of hydrogen-bond donors (Lipinski definition) is 1. The summed E-state index contributed by atoms with van der Waals surface area (Å²) in [6, 6.07) is 3.31. The van der Waals surface area contributed by atoms with Gasteiger partial charge in [-0.2, -0.15) is 0 Å². The van der Waals surface area contributed by atoms with E-state index in [1.54, 1.807) is 6.07 Å². The molecule has 8 heteroatoms. The number of carbonyl (C=O) groups excluding carboxylic acids is 2. The van der Waals surface area contributed by atoms with Crippen LogP contribution in [0.2, 0.25) is 5.15 Å². The first-order chi connectivity index (χ1) is 10.5. The van der Waals surface area contributed by atoms with Crippen LogP contribution in [0.15, 0.2) is 29.1 Å². The predicted octanol–water partition coefficient (Wildman–Crippen LogP) is 1.35. The van der Waals surface area contributed by atoms with Crippen molar-refractivity contribution in [2.45, 2.75) is 13.0 Å². The zero-order chi connectivity index (χ0) is 15.9. The van der Waals surface area contributed by atoms with Crippen LogP contribution in [0.1, 0.15) is 6.92 Å². The molecule has 1 atom stereocenters. The van der Waals surface area contributed by atoms with Crippen molar-refractivity contribution in [1.82, 2.24) is 15.2 Å². The third-order valence-corrected chi connectivity index (χ3v) is 4.22. The van der Waals surface area contributed by atoms with Crippen molar-refractivity contribution in [3.05, 3.63) is 34.2 Å². The van der Waals surface area contributed by atoms with E-state index in [1.165, 1.54) is 12.3 Å². The third kappa shape index (κ3) is 2.58. The summed E-state index contributed by atoms with van der Waals surface area (Å²) in [4.78, 5) is 31.8. The number of imide groups is 1. The molecule has 1 aromatic heterocycles. The molecule has 2 amide bonds. The number of pyridine rings is 1. The van der Waals surface area contributed by atoms with E-state index in [0.29, 0.717) is 18.8 Å². The Kier molecular flexibility index (Phi) is 4.08. The van der Waals surface area contributed by atoms with E-state index in [0.717, 1.165) is 11.4 Å². The van der Waals surface area contributed by atoms with Crippen LogP contribution in [-0.4, -0.2) is 47.4 Å². The summed E-state index contributed by atoms with van der Waals surface area (Å²) in [5, 5.41) is 3.53. The van der Waals surface area contributed by atoms with E-state index in [-0.39, 0.29) is 21.9 Å². The number of nitrogens with zero attached hydrogens (tertiary/aromatic N) is 3. The number of carbonyl (C=O) groups is 2. The van der Waals surface area contributed by atoms with Crippen LogP contribution < -0.4 is 10.2 Å². The molecule has 3 rings (SSSR count). The predicted molar refractivity (Wildman–Crippen MR) is 83.7 cm³/mol. The number of rotatable bonds is 2. The number of anilines is 1. The molecular weight excluding hydrogens is 327 g/mol. The van der Waals surface area contributed by atoms with Gasteiger partial charge >= 0.3 is 0 Å². The van der Waals surface area contributed by atoms with Crippen molar-refractivity contribution in [3.63, 3.8) is 0 Å². The molecule has 1 fully saturated rings. The van der Waals surface area contributed by atoms with Crippen LogP contribution in [0, 0.1) is 0 Å². The second-order valence-electron chi connectivity index (χ2n) is 5.25. The Hall–Kier alpha value is -1.63. The summed E-state index contributed by atoms with van der Waals surface area (Å²) >= 11 is 11.9. The lowest BCUT2D eigenvalue weighted by Gasteiger charge is -2.33. The molecule has 116 valence electrons. The number of aromatic nitrogens is 1. The fourth-order valence-corrected chi connectivity index (χ4v) is 3.03. The first-order valence-electron chi connectivity index (χ1n) is 6.87. The first kappa shape index (κ1) is 15.3. The minimum Gasteiger partial charge on any atom is -0.363 e. The molecule has 0 aliphatic carbocycles. The van der Waals surface area contributed by atoms with Crippen LogP contribution in [0.4, 0.5) is 5.69 Å². The molecule has 0 unspecified atom stereocenters. The van der Waals surface area contributed by atoms with Crippen molar-refractivity contribution in [2.24, 2.45) is 0 Å². The zero-order valence-electron chi connectivity index (χ0n) is 11.8. The lowest BCUT2D eigenvalue weighted by Crippen LogP contribution is -2.50. The molecule has 1 saturated heterocycles. The monoisotopic (exact) mass is 340 g/mol. The standard InChI is InChI=1S/C14H14Cl2N4O2/c1-8-7-19(5-4-17-8)12-11(16)13(21)20(14(12)22)9-2-3-10(15)18-6-9/h2-3,6,8,17H,4-5,7H2,1H3/t8-/m1/s1. The van der Waals surface area contributed by atoms with Crippen molar-refractivity contribution < 1.29 is 9.59 Å². The molecule has 0 radical (unpaired) electrons. The Morgan fingerprint density at radius 3 is 2.68 bits per heavy atom. The van der Waals surface area contributed by atoms with E-state index in [2.05, 4.69) is 10.3 Å². The Balaban J connectivity index is 1.91. The van der Waals surface area contributed by atoms with E-state index >= 15 is 0 Å². The Morgan fingerprint density at radius 1 is 1.27 bits per heavy atom. The Labute approximate surface area is 137 Å². The third-order valence-electron chi connectivity index (χ3n) is 3.66. The van der Waals surface area contributed by atoms with Gasteiger partial charge in [0, 0.05) is 25.7 Å². The first-order valence-corrected chi connectivity index (χ1v) is 7.63. The van der Waals surface area contributed by atoms with Crippen molar-refractivity contribution in [1.29, 1.82) is 0 Å². The average molecular weight is 341 g/mol. The minimum atomic E-state index is -0.531. The Bertz CT molecular complexity index is 659. The zero-order valence-corrected chi connectivity index (χ0v) is 13.4. The normalized spacial score (nSPS) is 22.8. The summed E-state index contributed by atoms with van der Waals surface area (Å²) < 4.78 is 0. The maximum atomic E-state index is 12.7. The molecule has 22 heavy (non-hydrogen) atoms. The van der Waals surface area contributed by atoms with Gasteiger partial charge in [-0.15, -0.1) is 0 Å². The molecule has 2 aliphatic rings. The van der Waals surface area contributed by atoms with E-state index in [4.69, 9.17) is 23.2 Å². The van der Waals surface area contributed by atoms with Gasteiger partial charge < -0.3 is 10.2 Å². The van der Waals surface area contributed by atoms with Crippen LogP contribution in [-0.2, 0) is 9.59 Å². The topological polar surface area (TPSA) is 65.5 Å². The maximum absolute atomic E-state index is 12.7. The van der Waals surface area contributed by atoms with Gasteiger partial charge in [-0.25, -0.2) is 9.88 Å². The highest BCUT2D eigenvalue weighted by atomic mass is 35.5. The van der Waals surface area contributed by atoms with Gasteiger partial charge in [0.25, 0.3) is 11.8 Å². The molecule has 6 nitrogen and oxygen atoms in total. The summed E-state index contributed by atoms with van der Waals surface area (Å²) in [5.74, 6) is -0.954. The van der Waals surface area contributed by atoms with Crippen molar-refractivity contribution in [3.8, 4) is 0 Å². The number of nitrogens with one attached hydrogen (secondary N) is 1. The fraction of sp³-hybridized carbons (Fsp3) is 0.357. The van der Waals surface area contributed by atoms with Crippen molar-refractivity contribution >= 4 is 40.7 Å². The van der Waals surface area contributed by atoms with Gasteiger partial charge in [-0.3, -0.25) is 9.59 Å². The smallest absolute Gasteiger partial charge is 0.283 e. The number of piperazine rings is 1. The number of amides is 2. The highest BCUT2D eigenvalue weighted by Gasteiger charge is 2.42. The largest absolute Gasteiger partial charge is 0.363 e. The second kappa shape index (κ2) is 5.87. The molecule has 1 aromatic rings. The highest BCUT2D eigenvalue weighted by molar-refractivity contribution is 6.52. The molecular formula is C14H14Cl2N4O2. The molecule has 1 N–H and O–H groups in total. The highest BCUT2D eigenvalue weighted by Crippen LogP contribution is 2.31. The van der Waals surface area contributed by atoms with Gasteiger partial charge in [0.05, 0.1) is 11.9 Å². The lowest BCUT2D eigenvalue weighted by molar-refractivity contribution is -0.121. The van der Waals surface area contributed by atoms with Crippen LogP contribution in [0.25, 0.3) is 0 Å². The Morgan fingerprint density at radius 2 is 2.05 bits per heavy atom. The van der Waals surface area contributed by atoms with Gasteiger partial charge in [0.15, 0.2) is 0 Å². The number of hydrogen-bond acceptors (Lipinski definition) is 5. The van der Waals surface area contributed by atoms with E-state index in [1.807, 2.05) is 11.8 Å². The number of halogens is 2. The van der Waals surface area contributed by atoms with Gasteiger partial charge in [0.1, 0.15) is 15.9 Å². The van der Waals surface area contributed by atoms with E-state index in [9.17, 15) is 9.59 Å². The van der Waals surface area contributed by atoms with E-state index < -0.39 is 11.8 Å². The van der Waals surface area contributed by atoms with Gasteiger partial charge in [-0.1, -0.05) is 23.2 Å². The molecule has 0 bridgehead atoms. The summed E-state index contributed by atoms with van der Waals surface area (Å²) in [5.41, 5.74) is 0.616. The quantitative estimate of drug-likeness (QED) is 0.650. The summed E-state index contributed by atoms with van der Waals surface area (Å²) in [7, 11) is 0. The summed E-state index contributed by atoms with van der Waals surface area (Å²) in [6.45, 7) is 4.00. The lowest BCUT2D eigenvalue weighted by atomic mass is 10.2. The maximum Gasteiger partial charge on any atom is 0.283 e. The van der Waals surface area contributed by atoms with Crippen LogP contribution in [0.3, 0.4) is 0 Å². The fourth-order valence-electron chi connectivity index (χ4n) is 2.64. The molecule has 0 saturated carbocycles. The van der Waals surface area contributed by atoms with Gasteiger partial charge in [-0.05, 0) is 19.1 Å².